The first-order chi connectivity index (χ1) is 13.1. The summed E-state index contributed by atoms with van der Waals surface area (Å²) in [6.07, 6.45) is 3.67. The fourth-order valence-corrected chi connectivity index (χ4v) is 3.63. The Bertz CT molecular complexity index is 949. The molecular formula is C22H24N2O3. The van der Waals surface area contributed by atoms with Gasteiger partial charge in [-0.15, -0.1) is 0 Å². The number of carbonyl (C=O) groups excluding carboxylic acids is 1. The van der Waals surface area contributed by atoms with Gasteiger partial charge in [0.05, 0.1) is 18.4 Å². The van der Waals surface area contributed by atoms with Crippen LogP contribution in [0.25, 0.3) is 11.0 Å². The van der Waals surface area contributed by atoms with Crippen molar-refractivity contribution in [1.82, 2.24) is 9.88 Å². The van der Waals surface area contributed by atoms with Crippen LogP contribution < -0.4 is 0 Å². The molecule has 1 amide bonds. The van der Waals surface area contributed by atoms with Gasteiger partial charge in [0, 0.05) is 30.2 Å². The van der Waals surface area contributed by atoms with E-state index >= 15 is 0 Å². The van der Waals surface area contributed by atoms with Gasteiger partial charge in [-0.25, -0.2) is 0 Å². The molecule has 1 aliphatic rings. The molecule has 4 rings (SSSR count). The molecule has 5 nitrogen and oxygen atoms in total. The van der Waals surface area contributed by atoms with Crippen LogP contribution in [-0.2, 0) is 11.3 Å². The van der Waals surface area contributed by atoms with Crippen molar-refractivity contribution >= 4 is 16.9 Å². The van der Waals surface area contributed by atoms with Crippen LogP contribution in [0.5, 0.6) is 0 Å². The predicted octanol–water partition coefficient (Wildman–Crippen LogP) is 4.27. The Kier molecular flexibility index (Phi) is 4.94. The molecule has 0 aliphatic carbocycles. The highest BCUT2D eigenvalue weighted by atomic mass is 16.5. The third kappa shape index (κ3) is 3.74. The lowest BCUT2D eigenvalue weighted by molar-refractivity contribution is -0.00861. The number of nitrogens with zero attached hydrogens (tertiary/aromatic N) is 2. The second-order valence-electron chi connectivity index (χ2n) is 7.20. The minimum atomic E-state index is -0.0486. The van der Waals surface area contributed by atoms with Gasteiger partial charge in [0.1, 0.15) is 5.58 Å². The molecule has 0 spiro atoms. The maximum atomic E-state index is 13.1. The number of furan rings is 1. The number of aryl methyl sites for hydroxylation is 2. The molecule has 1 aromatic carbocycles. The SMILES string of the molecule is Cc1ccc2c(C)c(C(=O)N3CCCC(OCc4ccccn4)C3)oc2c1. The molecule has 0 saturated carbocycles. The van der Waals surface area contributed by atoms with Crippen LogP contribution in [0.1, 0.15) is 40.2 Å². The number of likely N-dealkylation sites (tertiary alicyclic amines) is 1. The molecule has 1 fully saturated rings. The van der Waals surface area contributed by atoms with Crippen molar-refractivity contribution in [2.45, 2.75) is 39.4 Å². The number of ether oxygens (including phenoxy) is 1. The molecule has 140 valence electrons. The van der Waals surface area contributed by atoms with Gasteiger partial charge in [-0.05, 0) is 50.5 Å². The number of hydrogen-bond donors (Lipinski definition) is 0. The van der Waals surface area contributed by atoms with Crippen LogP contribution in [0.2, 0.25) is 0 Å². The predicted molar refractivity (Wildman–Crippen MR) is 104 cm³/mol. The molecule has 0 radical (unpaired) electrons. The molecule has 3 heterocycles. The second-order valence-corrected chi connectivity index (χ2v) is 7.20. The molecule has 1 unspecified atom stereocenters. The maximum absolute atomic E-state index is 13.1. The van der Waals surface area contributed by atoms with E-state index in [-0.39, 0.29) is 12.0 Å². The maximum Gasteiger partial charge on any atom is 0.289 e. The van der Waals surface area contributed by atoms with Gasteiger partial charge >= 0.3 is 0 Å². The van der Waals surface area contributed by atoms with E-state index in [1.807, 2.05) is 55.1 Å². The number of benzene rings is 1. The van der Waals surface area contributed by atoms with Crippen molar-refractivity contribution in [2.24, 2.45) is 0 Å². The first-order valence-electron chi connectivity index (χ1n) is 9.42. The third-order valence-electron chi connectivity index (χ3n) is 5.15. The zero-order valence-corrected chi connectivity index (χ0v) is 15.8. The molecule has 1 aliphatic heterocycles. The molecule has 2 aromatic heterocycles. The summed E-state index contributed by atoms with van der Waals surface area (Å²) >= 11 is 0. The molecule has 1 atom stereocenters. The van der Waals surface area contributed by atoms with Gasteiger partial charge in [0.2, 0.25) is 0 Å². The van der Waals surface area contributed by atoms with Crippen molar-refractivity contribution < 1.29 is 13.9 Å². The number of fused-ring (bicyclic) bond motifs is 1. The fourth-order valence-electron chi connectivity index (χ4n) is 3.63. The molecule has 5 heteroatoms. The number of hydrogen-bond acceptors (Lipinski definition) is 4. The van der Waals surface area contributed by atoms with Gasteiger partial charge < -0.3 is 14.1 Å². The van der Waals surface area contributed by atoms with Crippen molar-refractivity contribution in [3.8, 4) is 0 Å². The second kappa shape index (κ2) is 7.53. The van der Waals surface area contributed by atoms with E-state index in [9.17, 15) is 4.79 Å². The van der Waals surface area contributed by atoms with Crippen molar-refractivity contribution in [1.29, 1.82) is 0 Å². The van der Waals surface area contributed by atoms with E-state index in [0.29, 0.717) is 18.9 Å². The summed E-state index contributed by atoms with van der Waals surface area (Å²) in [4.78, 5) is 19.2. The summed E-state index contributed by atoms with van der Waals surface area (Å²) in [5.74, 6) is 0.397. The Balaban J connectivity index is 1.46. The summed E-state index contributed by atoms with van der Waals surface area (Å²) < 4.78 is 11.9. The number of carbonyl (C=O) groups is 1. The van der Waals surface area contributed by atoms with E-state index < -0.39 is 0 Å². The zero-order chi connectivity index (χ0) is 18.8. The first-order valence-corrected chi connectivity index (χ1v) is 9.42. The highest BCUT2D eigenvalue weighted by Crippen LogP contribution is 2.28. The first kappa shape index (κ1) is 17.7. The monoisotopic (exact) mass is 364 g/mol. The quantitative estimate of drug-likeness (QED) is 0.694. The number of rotatable bonds is 4. The minimum absolute atomic E-state index is 0.0247. The van der Waals surface area contributed by atoms with E-state index in [1.165, 1.54) is 0 Å². The zero-order valence-electron chi connectivity index (χ0n) is 15.8. The Labute approximate surface area is 158 Å². The largest absolute Gasteiger partial charge is 0.451 e. The van der Waals surface area contributed by atoms with Gasteiger partial charge in [-0.3, -0.25) is 9.78 Å². The molecule has 0 bridgehead atoms. The summed E-state index contributed by atoms with van der Waals surface area (Å²) in [5, 5.41) is 1.00. The fraction of sp³-hybridized carbons (Fsp3) is 0.364. The Morgan fingerprint density at radius 2 is 2.19 bits per heavy atom. The number of amides is 1. The van der Waals surface area contributed by atoms with Crippen LogP contribution in [-0.4, -0.2) is 35.0 Å². The lowest BCUT2D eigenvalue weighted by Gasteiger charge is -2.32. The Morgan fingerprint density at radius 3 is 3.00 bits per heavy atom. The Morgan fingerprint density at radius 1 is 1.30 bits per heavy atom. The minimum Gasteiger partial charge on any atom is -0.451 e. The highest BCUT2D eigenvalue weighted by molar-refractivity contribution is 5.99. The van der Waals surface area contributed by atoms with Crippen molar-refractivity contribution in [3.05, 3.63) is 65.2 Å². The van der Waals surface area contributed by atoms with E-state index in [4.69, 9.17) is 9.15 Å². The summed E-state index contributed by atoms with van der Waals surface area (Å²) in [6, 6.07) is 11.8. The number of pyridine rings is 1. The van der Waals surface area contributed by atoms with Gasteiger partial charge in [0.25, 0.3) is 5.91 Å². The molecule has 0 N–H and O–H groups in total. The van der Waals surface area contributed by atoms with Crippen LogP contribution in [0.15, 0.2) is 47.0 Å². The van der Waals surface area contributed by atoms with Crippen LogP contribution in [0, 0.1) is 13.8 Å². The Hall–Kier alpha value is -2.66. The topological polar surface area (TPSA) is 55.6 Å². The average Bonchev–Trinajstić information content (AvgIpc) is 3.02. The van der Waals surface area contributed by atoms with Gasteiger partial charge in [-0.1, -0.05) is 18.2 Å². The van der Waals surface area contributed by atoms with Crippen LogP contribution >= 0.6 is 0 Å². The standard InChI is InChI=1S/C22H24N2O3/c1-15-8-9-19-16(2)21(27-20(19)12-15)22(25)24-11-5-7-18(13-24)26-14-17-6-3-4-10-23-17/h3-4,6,8-10,12,18H,5,7,11,13-14H2,1-2H3. The van der Waals surface area contributed by atoms with Crippen molar-refractivity contribution in [3.63, 3.8) is 0 Å². The van der Waals surface area contributed by atoms with Crippen molar-refractivity contribution in [2.75, 3.05) is 13.1 Å². The highest BCUT2D eigenvalue weighted by Gasteiger charge is 2.28. The molecule has 27 heavy (non-hydrogen) atoms. The molecule has 3 aromatic rings. The smallest absolute Gasteiger partial charge is 0.289 e. The van der Waals surface area contributed by atoms with E-state index in [0.717, 1.165) is 47.2 Å². The van der Waals surface area contributed by atoms with Crippen LogP contribution in [0.3, 0.4) is 0 Å². The van der Waals surface area contributed by atoms with Gasteiger partial charge in [0.15, 0.2) is 5.76 Å². The third-order valence-corrected chi connectivity index (χ3v) is 5.15. The summed E-state index contributed by atoms with van der Waals surface area (Å²) in [7, 11) is 0. The summed E-state index contributed by atoms with van der Waals surface area (Å²) in [5.41, 5.74) is 3.71. The van der Waals surface area contributed by atoms with E-state index in [1.54, 1.807) is 6.20 Å². The molecular weight excluding hydrogens is 340 g/mol. The lowest BCUT2D eigenvalue weighted by Crippen LogP contribution is -2.43. The molecule has 1 saturated heterocycles. The van der Waals surface area contributed by atoms with Gasteiger partial charge in [-0.2, -0.15) is 0 Å². The summed E-state index contributed by atoms with van der Waals surface area (Å²) in [6.45, 7) is 5.76. The number of piperidine rings is 1. The number of aromatic nitrogens is 1. The lowest BCUT2D eigenvalue weighted by atomic mass is 10.1. The van der Waals surface area contributed by atoms with Crippen LogP contribution in [0.4, 0.5) is 0 Å². The van der Waals surface area contributed by atoms with E-state index in [2.05, 4.69) is 4.98 Å². The normalized spacial score (nSPS) is 17.4. The average molecular weight is 364 g/mol.